The Kier molecular flexibility index (Phi) is 6.40. The Hall–Kier alpha value is -3.36. The van der Waals surface area contributed by atoms with Gasteiger partial charge in [0.2, 0.25) is 5.95 Å². The molecule has 0 spiro atoms. The molecule has 1 aromatic heterocycles. The lowest BCUT2D eigenvalue weighted by Gasteiger charge is -2.43. The molecule has 0 radical (unpaired) electrons. The molecule has 0 atom stereocenters. The van der Waals surface area contributed by atoms with Crippen molar-refractivity contribution in [3.8, 4) is 0 Å². The van der Waals surface area contributed by atoms with Gasteiger partial charge in [0.1, 0.15) is 5.60 Å². The molecule has 2 aromatic rings. The van der Waals surface area contributed by atoms with Gasteiger partial charge in [-0.3, -0.25) is 0 Å². The van der Waals surface area contributed by atoms with Crippen molar-refractivity contribution in [3.63, 3.8) is 0 Å². The van der Waals surface area contributed by atoms with E-state index in [4.69, 9.17) is 4.74 Å². The lowest BCUT2D eigenvalue weighted by molar-refractivity contribution is 0.0240. The number of urea groups is 1. The molecule has 2 heterocycles. The van der Waals surface area contributed by atoms with Crippen LogP contribution in [-0.4, -0.2) is 58.8 Å². The molecule has 0 unspecified atom stereocenters. The molecule has 2 N–H and O–H groups in total. The number of anilines is 2. The molecule has 1 saturated heterocycles. The average Bonchev–Trinajstić information content (AvgIpc) is 2.76. The summed E-state index contributed by atoms with van der Waals surface area (Å²) in [5.74, 6) is 0.574. The SMILES string of the molecule is CC(C)(C)OC(=O)N1CCN(c2ncc(NC(=O)NC3(c4ccccc4)CCC3)cn2)CC1. The summed E-state index contributed by atoms with van der Waals surface area (Å²) in [6.45, 7) is 7.90. The topological polar surface area (TPSA) is 99.7 Å². The normalized spacial score (nSPS) is 17.7. The number of carbonyl (C=O) groups is 2. The van der Waals surface area contributed by atoms with Crippen molar-refractivity contribution in [1.29, 1.82) is 0 Å². The van der Waals surface area contributed by atoms with E-state index in [1.807, 2.05) is 43.9 Å². The minimum Gasteiger partial charge on any atom is -0.444 e. The molecule has 9 nitrogen and oxygen atoms in total. The second-order valence-corrected chi connectivity index (χ2v) is 9.61. The van der Waals surface area contributed by atoms with Gasteiger partial charge in [0.15, 0.2) is 0 Å². The number of ether oxygens (including phenoxy) is 1. The minimum absolute atomic E-state index is 0.263. The Morgan fingerprint density at radius 1 is 1.00 bits per heavy atom. The monoisotopic (exact) mass is 452 g/mol. The number of amides is 3. The largest absolute Gasteiger partial charge is 0.444 e. The first-order valence-electron chi connectivity index (χ1n) is 11.4. The van der Waals surface area contributed by atoms with E-state index < -0.39 is 5.60 Å². The second-order valence-electron chi connectivity index (χ2n) is 9.61. The fourth-order valence-electron chi connectivity index (χ4n) is 4.12. The zero-order valence-corrected chi connectivity index (χ0v) is 19.5. The second kappa shape index (κ2) is 9.25. The van der Waals surface area contributed by atoms with Gasteiger partial charge in [-0.25, -0.2) is 19.6 Å². The van der Waals surface area contributed by atoms with Crippen LogP contribution in [0.1, 0.15) is 45.6 Å². The van der Waals surface area contributed by atoms with Gasteiger partial charge in [-0.2, -0.15) is 0 Å². The highest BCUT2D eigenvalue weighted by molar-refractivity contribution is 5.89. The summed E-state index contributed by atoms with van der Waals surface area (Å²) in [4.78, 5) is 37.4. The molecule has 1 aliphatic heterocycles. The van der Waals surface area contributed by atoms with Gasteiger partial charge in [-0.05, 0) is 45.6 Å². The average molecular weight is 453 g/mol. The van der Waals surface area contributed by atoms with E-state index in [-0.39, 0.29) is 17.7 Å². The first-order chi connectivity index (χ1) is 15.7. The Morgan fingerprint density at radius 3 is 2.18 bits per heavy atom. The summed E-state index contributed by atoms with van der Waals surface area (Å²) >= 11 is 0. The van der Waals surface area contributed by atoms with Gasteiger partial charge in [0, 0.05) is 26.2 Å². The van der Waals surface area contributed by atoms with Gasteiger partial charge >= 0.3 is 12.1 Å². The molecule has 1 aliphatic carbocycles. The molecule has 4 rings (SSSR count). The van der Waals surface area contributed by atoms with Crippen LogP contribution in [0, 0.1) is 0 Å². The van der Waals surface area contributed by atoms with Crippen molar-refractivity contribution < 1.29 is 14.3 Å². The van der Waals surface area contributed by atoms with Crippen molar-refractivity contribution in [1.82, 2.24) is 20.2 Å². The molecule has 1 saturated carbocycles. The lowest BCUT2D eigenvalue weighted by atomic mass is 9.72. The highest BCUT2D eigenvalue weighted by atomic mass is 16.6. The first-order valence-corrected chi connectivity index (χ1v) is 11.4. The fraction of sp³-hybridized carbons (Fsp3) is 0.500. The molecule has 2 aliphatic rings. The smallest absolute Gasteiger partial charge is 0.410 e. The van der Waals surface area contributed by atoms with Gasteiger partial charge in [0.05, 0.1) is 23.6 Å². The fourth-order valence-corrected chi connectivity index (χ4v) is 4.12. The van der Waals surface area contributed by atoms with Crippen molar-refractivity contribution in [2.75, 3.05) is 36.4 Å². The van der Waals surface area contributed by atoms with Gasteiger partial charge in [-0.1, -0.05) is 30.3 Å². The van der Waals surface area contributed by atoms with Crippen molar-refractivity contribution >= 4 is 23.8 Å². The van der Waals surface area contributed by atoms with E-state index in [1.165, 1.54) is 0 Å². The van der Waals surface area contributed by atoms with E-state index >= 15 is 0 Å². The maximum Gasteiger partial charge on any atom is 0.410 e. The standard InChI is InChI=1S/C24H32N6O3/c1-23(2,3)33-22(32)30-14-12-29(13-15-30)20-25-16-19(17-26-20)27-21(31)28-24(10-7-11-24)18-8-5-4-6-9-18/h4-6,8-9,16-17H,7,10-15H2,1-3H3,(H2,27,28,31). The van der Waals surface area contributed by atoms with Crippen LogP contribution < -0.4 is 15.5 Å². The molecule has 3 amide bonds. The summed E-state index contributed by atoms with van der Waals surface area (Å²) < 4.78 is 5.44. The Balaban J connectivity index is 1.29. The predicted octanol–water partition coefficient (Wildman–Crippen LogP) is 3.73. The van der Waals surface area contributed by atoms with Crippen molar-refractivity contribution in [3.05, 3.63) is 48.3 Å². The van der Waals surface area contributed by atoms with Crippen LogP contribution in [-0.2, 0) is 10.3 Å². The van der Waals surface area contributed by atoms with Crippen molar-refractivity contribution in [2.24, 2.45) is 0 Å². The summed E-state index contributed by atoms with van der Waals surface area (Å²) in [6, 6.07) is 9.82. The number of piperazine rings is 1. The summed E-state index contributed by atoms with van der Waals surface area (Å²) in [5, 5.41) is 5.99. The number of benzene rings is 1. The maximum atomic E-state index is 12.6. The van der Waals surface area contributed by atoms with Crippen LogP contribution in [0.25, 0.3) is 0 Å². The summed E-state index contributed by atoms with van der Waals surface area (Å²) in [7, 11) is 0. The Morgan fingerprint density at radius 2 is 1.64 bits per heavy atom. The van der Waals surface area contributed by atoms with Crippen LogP contribution in [0.3, 0.4) is 0 Å². The summed E-state index contributed by atoms with van der Waals surface area (Å²) in [5.41, 5.74) is 0.848. The molecule has 9 heteroatoms. The van der Waals surface area contributed by atoms with Crippen LogP contribution >= 0.6 is 0 Å². The van der Waals surface area contributed by atoms with E-state index in [0.717, 1.165) is 24.8 Å². The third-order valence-electron chi connectivity index (χ3n) is 6.00. The molecule has 33 heavy (non-hydrogen) atoms. The quantitative estimate of drug-likeness (QED) is 0.733. The molecule has 176 valence electrons. The number of carbonyl (C=O) groups excluding carboxylic acids is 2. The predicted molar refractivity (Wildman–Crippen MR) is 126 cm³/mol. The number of nitrogens with zero attached hydrogens (tertiary/aromatic N) is 4. The van der Waals surface area contributed by atoms with Crippen LogP contribution in [0.15, 0.2) is 42.7 Å². The zero-order chi connectivity index (χ0) is 23.5. The van der Waals surface area contributed by atoms with Crippen LogP contribution in [0.5, 0.6) is 0 Å². The van der Waals surface area contributed by atoms with Crippen LogP contribution in [0.4, 0.5) is 21.2 Å². The number of hydrogen-bond acceptors (Lipinski definition) is 6. The highest BCUT2D eigenvalue weighted by Gasteiger charge is 2.40. The van der Waals surface area contributed by atoms with E-state index in [2.05, 4.69) is 32.7 Å². The number of nitrogens with one attached hydrogen (secondary N) is 2. The van der Waals surface area contributed by atoms with Crippen molar-refractivity contribution in [2.45, 2.75) is 51.2 Å². The molecule has 2 fully saturated rings. The Bertz CT molecular complexity index is 962. The minimum atomic E-state index is -0.508. The maximum absolute atomic E-state index is 12.6. The third kappa shape index (κ3) is 5.53. The van der Waals surface area contributed by atoms with E-state index in [0.29, 0.717) is 37.8 Å². The van der Waals surface area contributed by atoms with Crippen LogP contribution in [0.2, 0.25) is 0 Å². The Labute approximate surface area is 194 Å². The third-order valence-corrected chi connectivity index (χ3v) is 6.00. The molecular weight excluding hydrogens is 420 g/mol. The van der Waals surface area contributed by atoms with E-state index in [9.17, 15) is 9.59 Å². The number of rotatable bonds is 4. The van der Waals surface area contributed by atoms with E-state index in [1.54, 1.807) is 17.3 Å². The number of aromatic nitrogens is 2. The number of hydrogen-bond donors (Lipinski definition) is 2. The van der Waals surface area contributed by atoms with Gasteiger partial charge < -0.3 is 25.2 Å². The molecule has 0 bridgehead atoms. The lowest BCUT2D eigenvalue weighted by Crippen LogP contribution is -2.52. The first kappa shape index (κ1) is 22.8. The molecular formula is C24H32N6O3. The zero-order valence-electron chi connectivity index (χ0n) is 19.5. The van der Waals surface area contributed by atoms with Gasteiger partial charge in [-0.15, -0.1) is 0 Å². The summed E-state index contributed by atoms with van der Waals surface area (Å²) in [6.07, 6.45) is 5.86. The highest BCUT2D eigenvalue weighted by Crippen LogP contribution is 2.41. The van der Waals surface area contributed by atoms with Gasteiger partial charge in [0.25, 0.3) is 0 Å². The molecule has 1 aromatic carbocycles.